The first kappa shape index (κ1) is 8.79. The second-order valence-corrected chi connectivity index (χ2v) is 3.61. The van der Waals surface area contributed by atoms with Crippen LogP contribution in [0.25, 0.3) is 0 Å². The van der Waals surface area contributed by atoms with Gasteiger partial charge in [0.25, 0.3) is 0 Å². The molecule has 0 bridgehead atoms. The van der Waals surface area contributed by atoms with E-state index in [1.54, 1.807) is 0 Å². The molecular weight excluding hydrogens is 136 g/mol. The summed E-state index contributed by atoms with van der Waals surface area (Å²) in [6.45, 7) is 4.13. The molecule has 0 spiro atoms. The van der Waals surface area contributed by atoms with Crippen LogP contribution in [0, 0.1) is 11.8 Å². The minimum Gasteiger partial charge on any atom is -0.396 e. The molecule has 1 rings (SSSR count). The van der Waals surface area contributed by atoms with Crippen LogP contribution in [0.1, 0.15) is 32.1 Å². The summed E-state index contributed by atoms with van der Waals surface area (Å²) in [5.74, 6) is 1.38. The molecule has 0 saturated heterocycles. The zero-order chi connectivity index (χ0) is 8.10. The number of rotatable bonds is 3. The van der Waals surface area contributed by atoms with E-state index in [9.17, 15) is 0 Å². The third-order valence-corrected chi connectivity index (χ3v) is 2.65. The van der Waals surface area contributed by atoms with E-state index in [1.807, 2.05) is 6.08 Å². The molecule has 1 saturated carbocycles. The van der Waals surface area contributed by atoms with Crippen LogP contribution < -0.4 is 0 Å². The fourth-order valence-corrected chi connectivity index (χ4v) is 2.02. The standard InChI is InChI=1S/C10H18O/c1-2-4-9-5-3-6-10(7-9)8-11/h2,9-11H,1,3-8H2. The Labute approximate surface area is 69.1 Å². The summed E-state index contributed by atoms with van der Waals surface area (Å²) < 4.78 is 0. The Hall–Kier alpha value is -0.300. The normalized spacial score (nSPS) is 31.7. The van der Waals surface area contributed by atoms with Gasteiger partial charge in [-0.2, -0.15) is 0 Å². The van der Waals surface area contributed by atoms with E-state index in [4.69, 9.17) is 5.11 Å². The Kier molecular flexibility index (Phi) is 3.64. The Balaban J connectivity index is 2.27. The van der Waals surface area contributed by atoms with Crippen LogP contribution >= 0.6 is 0 Å². The van der Waals surface area contributed by atoms with Gasteiger partial charge in [0.1, 0.15) is 0 Å². The summed E-state index contributed by atoms with van der Waals surface area (Å²) in [5, 5.41) is 8.95. The molecular formula is C10H18O. The topological polar surface area (TPSA) is 20.2 Å². The maximum atomic E-state index is 8.95. The molecule has 2 atom stereocenters. The highest BCUT2D eigenvalue weighted by Gasteiger charge is 2.19. The Morgan fingerprint density at radius 2 is 2.09 bits per heavy atom. The molecule has 1 N–H and O–H groups in total. The van der Waals surface area contributed by atoms with Gasteiger partial charge in [-0.1, -0.05) is 18.9 Å². The SMILES string of the molecule is C=CCC1CCCC(CO)C1. The highest BCUT2D eigenvalue weighted by Crippen LogP contribution is 2.30. The van der Waals surface area contributed by atoms with Gasteiger partial charge in [0.05, 0.1) is 0 Å². The van der Waals surface area contributed by atoms with Crippen molar-refractivity contribution >= 4 is 0 Å². The summed E-state index contributed by atoms with van der Waals surface area (Å²) in [4.78, 5) is 0. The summed E-state index contributed by atoms with van der Waals surface area (Å²) >= 11 is 0. The molecule has 0 aliphatic heterocycles. The lowest BCUT2D eigenvalue weighted by Crippen LogP contribution is -2.17. The smallest absolute Gasteiger partial charge is 0.0459 e. The van der Waals surface area contributed by atoms with Crippen molar-refractivity contribution in [3.05, 3.63) is 12.7 Å². The van der Waals surface area contributed by atoms with Crippen molar-refractivity contribution < 1.29 is 5.11 Å². The highest BCUT2D eigenvalue weighted by atomic mass is 16.3. The minimum absolute atomic E-state index is 0.383. The lowest BCUT2D eigenvalue weighted by Gasteiger charge is -2.26. The van der Waals surface area contributed by atoms with Gasteiger partial charge in [-0.05, 0) is 31.1 Å². The molecule has 0 radical (unpaired) electrons. The van der Waals surface area contributed by atoms with Crippen LogP contribution in [0.4, 0.5) is 0 Å². The van der Waals surface area contributed by atoms with Crippen LogP contribution in [-0.2, 0) is 0 Å². The first-order chi connectivity index (χ1) is 5.36. The zero-order valence-corrected chi connectivity index (χ0v) is 7.13. The van der Waals surface area contributed by atoms with Gasteiger partial charge < -0.3 is 5.11 Å². The number of aliphatic hydroxyl groups excluding tert-OH is 1. The first-order valence-electron chi connectivity index (χ1n) is 4.58. The molecule has 0 aromatic rings. The van der Waals surface area contributed by atoms with Crippen molar-refractivity contribution in [2.75, 3.05) is 6.61 Å². The van der Waals surface area contributed by atoms with Gasteiger partial charge in [0, 0.05) is 6.61 Å². The first-order valence-corrected chi connectivity index (χ1v) is 4.58. The van der Waals surface area contributed by atoms with Gasteiger partial charge in [0.15, 0.2) is 0 Å². The monoisotopic (exact) mass is 154 g/mol. The van der Waals surface area contributed by atoms with Gasteiger partial charge in [-0.25, -0.2) is 0 Å². The van der Waals surface area contributed by atoms with Crippen molar-refractivity contribution in [1.29, 1.82) is 0 Å². The van der Waals surface area contributed by atoms with E-state index in [-0.39, 0.29) is 0 Å². The molecule has 2 unspecified atom stereocenters. The summed E-state index contributed by atoms with van der Waals surface area (Å²) in [6.07, 6.45) is 8.21. The van der Waals surface area contributed by atoms with Gasteiger partial charge in [-0.3, -0.25) is 0 Å². The number of aliphatic hydroxyl groups is 1. The number of hydrogen-bond donors (Lipinski definition) is 1. The second-order valence-electron chi connectivity index (χ2n) is 3.61. The molecule has 11 heavy (non-hydrogen) atoms. The predicted molar refractivity (Wildman–Crippen MR) is 47.3 cm³/mol. The molecule has 1 fully saturated rings. The molecule has 1 aliphatic rings. The van der Waals surface area contributed by atoms with Crippen LogP contribution in [0.2, 0.25) is 0 Å². The lowest BCUT2D eigenvalue weighted by molar-refractivity contribution is 0.161. The number of hydrogen-bond acceptors (Lipinski definition) is 1. The molecule has 64 valence electrons. The molecule has 0 aromatic heterocycles. The predicted octanol–water partition coefficient (Wildman–Crippen LogP) is 2.36. The Bertz CT molecular complexity index is 120. The third-order valence-electron chi connectivity index (χ3n) is 2.65. The largest absolute Gasteiger partial charge is 0.396 e. The fourth-order valence-electron chi connectivity index (χ4n) is 2.02. The van der Waals surface area contributed by atoms with Crippen LogP contribution in [0.5, 0.6) is 0 Å². The van der Waals surface area contributed by atoms with Crippen LogP contribution in [0.15, 0.2) is 12.7 Å². The van der Waals surface area contributed by atoms with E-state index in [0.717, 1.165) is 12.3 Å². The summed E-state index contributed by atoms with van der Waals surface area (Å²) in [6, 6.07) is 0. The Morgan fingerprint density at radius 1 is 1.36 bits per heavy atom. The maximum Gasteiger partial charge on any atom is 0.0459 e. The molecule has 0 aromatic carbocycles. The van der Waals surface area contributed by atoms with Crippen LogP contribution in [0.3, 0.4) is 0 Å². The molecule has 0 heterocycles. The lowest BCUT2D eigenvalue weighted by atomic mass is 9.80. The van der Waals surface area contributed by atoms with Gasteiger partial charge >= 0.3 is 0 Å². The average molecular weight is 154 g/mol. The molecule has 1 aliphatic carbocycles. The molecule has 1 nitrogen and oxygen atoms in total. The van der Waals surface area contributed by atoms with E-state index in [0.29, 0.717) is 12.5 Å². The van der Waals surface area contributed by atoms with Crippen molar-refractivity contribution in [3.8, 4) is 0 Å². The zero-order valence-electron chi connectivity index (χ0n) is 7.13. The van der Waals surface area contributed by atoms with Crippen molar-refractivity contribution in [1.82, 2.24) is 0 Å². The van der Waals surface area contributed by atoms with Gasteiger partial charge in [-0.15, -0.1) is 6.58 Å². The van der Waals surface area contributed by atoms with E-state index in [2.05, 4.69) is 6.58 Å². The average Bonchev–Trinajstić information content (AvgIpc) is 2.06. The van der Waals surface area contributed by atoms with Crippen molar-refractivity contribution in [2.45, 2.75) is 32.1 Å². The van der Waals surface area contributed by atoms with Crippen LogP contribution in [-0.4, -0.2) is 11.7 Å². The minimum atomic E-state index is 0.383. The van der Waals surface area contributed by atoms with Crippen molar-refractivity contribution in [2.24, 2.45) is 11.8 Å². The number of allylic oxidation sites excluding steroid dienone is 1. The van der Waals surface area contributed by atoms with Gasteiger partial charge in [0.2, 0.25) is 0 Å². The summed E-state index contributed by atoms with van der Waals surface area (Å²) in [7, 11) is 0. The second kappa shape index (κ2) is 4.55. The van der Waals surface area contributed by atoms with Crippen molar-refractivity contribution in [3.63, 3.8) is 0 Å². The van der Waals surface area contributed by atoms with E-state index >= 15 is 0 Å². The van der Waals surface area contributed by atoms with E-state index < -0.39 is 0 Å². The summed E-state index contributed by atoms with van der Waals surface area (Å²) in [5.41, 5.74) is 0. The Morgan fingerprint density at radius 3 is 2.73 bits per heavy atom. The third kappa shape index (κ3) is 2.66. The van der Waals surface area contributed by atoms with E-state index in [1.165, 1.54) is 25.7 Å². The fraction of sp³-hybridized carbons (Fsp3) is 0.800. The highest BCUT2D eigenvalue weighted by molar-refractivity contribution is 4.78. The maximum absolute atomic E-state index is 8.95. The quantitative estimate of drug-likeness (QED) is 0.619. The molecule has 1 heteroatoms. The molecule has 0 amide bonds.